The number of hydrazine groups is 1. The lowest BCUT2D eigenvalue weighted by Gasteiger charge is -2.17. The van der Waals surface area contributed by atoms with E-state index in [1.807, 2.05) is 0 Å². The molecular formula is C18H20N8O3S. The molecule has 3 rings (SSSR count). The van der Waals surface area contributed by atoms with Crippen molar-refractivity contribution >= 4 is 21.7 Å². The van der Waals surface area contributed by atoms with E-state index in [1.54, 1.807) is 36.4 Å². The van der Waals surface area contributed by atoms with Crippen LogP contribution in [0.4, 0.5) is 5.82 Å². The standard InChI is InChI=1S/C18H20N8O3S/c1-21-15(19)14-16(22-2)24-17(11-7-9-23-10-8-11)26(18(14)27)12-3-5-13(6-4-12)30(28,29)25-20/h3-10,22,25H,20H2,1-2H3,(H2,19,21). The van der Waals surface area contributed by atoms with E-state index in [4.69, 9.17) is 11.6 Å². The minimum atomic E-state index is -3.84. The maximum atomic E-state index is 13.4. The van der Waals surface area contributed by atoms with Crippen LogP contribution in [0.1, 0.15) is 5.56 Å². The molecule has 0 saturated heterocycles. The highest BCUT2D eigenvalue weighted by Gasteiger charge is 2.21. The van der Waals surface area contributed by atoms with Crippen LogP contribution in [-0.4, -0.2) is 42.9 Å². The molecule has 11 nitrogen and oxygen atoms in total. The summed E-state index contributed by atoms with van der Waals surface area (Å²) in [6, 6.07) is 9.00. The zero-order chi connectivity index (χ0) is 21.9. The molecule has 0 fully saturated rings. The molecular weight excluding hydrogens is 408 g/mol. The predicted octanol–water partition coefficient (Wildman–Crippen LogP) is -0.177. The Morgan fingerprint density at radius 2 is 1.77 bits per heavy atom. The zero-order valence-electron chi connectivity index (χ0n) is 16.2. The Kier molecular flexibility index (Phi) is 5.91. The lowest BCUT2D eigenvalue weighted by molar-refractivity contribution is 0.584. The quantitative estimate of drug-likeness (QED) is 0.181. The van der Waals surface area contributed by atoms with Crippen LogP contribution in [0, 0.1) is 0 Å². The number of nitrogens with zero attached hydrogens (tertiary/aromatic N) is 4. The van der Waals surface area contributed by atoms with Crippen LogP contribution in [0.25, 0.3) is 17.1 Å². The third-order valence-electron chi connectivity index (χ3n) is 4.32. The van der Waals surface area contributed by atoms with Gasteiger partial charge in [-0.15, -0.1) is 0 Å². The van der Waals surface area contributed by atoms with Crippen LogP contribution in [-0.2, 0) is 10.0 Å². The molecule has 0 spiro atoms. The molecule has 1 aromatic carbocycles. The van der Waals surface area contributed by atoms with Gasteiger partial charge in [-0.3, -0.25) is 25.2 Å². The third-order valence-corrected chi connectivity index (χ3v) is 5.52. The Hall–Kier alpha value is -3.61. The molecule has 2 heterocycles. The van der Waals surface area contributed by atoms with E-state index in [-0.39, 0.29) is 22.1 Å². The lowest BCUT2D eigenvalue weighted by Crippen LogP contribution is -2.33. The van der Waals surface area contributed by atoms with Crippen LogP contribution in [0.15, 0.2) is 63.5 Å². The molecule has 2 aromatic heterocycles. The third kappa shape index (κ3) is 3.78. The van der Waals surface area contributed by atoms with Gasteiger partial charge in [0.2, 0.25) is 0 Å². The van der Waals surface area contributed by atoms with Crippen molar-refractivity contribution in [3.05, 3.63) is 64.7 Å². The van der Waals surface area contributed by atoms with E-state index in [0.717, 1.165) is 0 Å². The number of sulfonamides is 1. The summed E-state index contributed by atoms with van der Waals surface area (Å²) < 4.78 is 25.1. The van der Waals surface area contributed by atoms with Gasteiger partial charge in [0.15, 0.2) is 0 Å². The van der Waals surface area contributed by atoms with E-state index in [1.165, 1.54) is 35.9 Å². The lowest BCUT2D eigenvalue weighted by atomic mass is 10.2. The highest BCUT2D eigenvalue weighted by molar-refractivity contribution is 7.89. The Labute approximate surface area is 172 Å². The Morgan fingerprint density at radius 1 is 1.13 bits per heavy atom. The first-order valence-electron chi connectivity index (χ1n) is 8.64. The van der Waals surface area contributed by atoms with Crippen LogP contribution in [0.2, 0.25) is 0 Å². The average Bonchev–Trinajstić information content (AvgIpc) is 2.78. The normalized spacial score (nSPS) is 12.0. The van der Waals surface area contributed by atoms with Gasteiger partial charge in [0, 0.05) is 32.1 Å². The van der Waals surface area contributed by atoms with Gasteiger partial charge in [-0.05, 0) is 36.4 Å². The number of nitrogens with two attached hydrogens (primary N) is 2. The maximum Gasteiger partial charge on any atom is 0.271 e. The summed E-state index contributed by atoms with van der Waals surface area (Å²) in [5.41, 5.74) is 6.57. The van der Waals surface area contributed by atoms with E-state index in [2.05, 4.69) is 20.3 Å². The molecule has 0 radical (unpaired) electrons. The van der Waals surface area contributed by atoms with Gasteiger partial charge in [-0.1, -0.05) is 0 Å². The second-order valence-corrected chi connectivity index (χ2v) is 7.72. The number of anilines is 1. The molecule has 0 saturated carbocycles. The molecule has 30 heavy (non-hydrogen) atoms. The van der Waals surface area contributed by atoms with Crippen molar-refractivity contribution in [2.45, 2.75) is 4.90 Å². The monoisotopic (exact) mass is 428 g/mol. The van der Waals surface area contributed by atoms with Gasteiger partial charge in [0.1, 0.15) is 23.0 Å². The zero-order valence-corrected chi connectivity index (χ0v) is 17.0. The molecule has 0 amide bonds. The fourth-order valence-electron chi connectivity index (χ4n) is 2.82. The summed E-state index contributed by atoms with van der Waals surface area (Å²) in [7, 11) is -0.752. The SMILES string of the molecule is CN=C(N)c1c(NC)nc(-c2ccncc2)n(-c2ccc(S(=O)(=O)NN)cc2)c1=O. The van der Waals surface area contributed by atoms with Crippen molar-refractivity contribution in [2.24, 2.45) is 16.6 Å². The van der Waals surface area contributed by atoms with Gasteiger partial charge in [-0.25, -0.2) is 13.4 Å². The first-order chi connectivity index (χ1) is 14.3. The molecule has 156 valence electrons. The van der Waals surface area contributed by atoms with Crippen molar-refractivity contribution < 1.29 is 8.42 Å². The Bertz CT molecular complexity index is 1250. The fraction of sp³-hybridized carbons (Fsp3) is 0.111. The number of aromatic nitrogens is 3. The molecule has 0 aliphatic carbocycles. The van der Waals surface area contributed by atoms with Crippen LogP contribution < -0.4 is 27.3 Å². The summed E-state index contributed by atoms with van der Waals surface area (Å²) in [4.78, 5) is 27.6. The van der Waals surface area contributed by atoms with Gasteiger partial charge in [0.25, 0.3) is 15.6 Å². The Morgan fingerprint density at radius 3 is 2.30 bits per heavy atom. The summed E-state index contributed by atoms with van der Waals surface area (Å²) in [6.07, 6.45) is 3.15. The first-order valence-corrected chi connectivity index (χ1v) is 10.1. The molecule has 0 atom stereocenters. The molecule has 0 aliphatic heterocycles. The van der Waals surface area contributed by atoms with Crippen LogP contribution in [0.3, 0.4) is 0 Å². The first kappa shape index (κ1) is 21.1. The number of benzene rings is 1. The van der Waals surface area contributed by atoms with Crippen molar-refractivity contribution in [3.63, 3.8) is 0 Å². The molecule has 0 aliphatic rings. The summed E-state index contributed by atoms with van der Waals surface area (Å²) in [5, 5.41) is 2.87. The van der Waals surface area contributed by atoms with E-state index in [9.17, 15) is 13.2 Å². The fourth-order valence-corrected chi connectivity index (χ4v) is 3.45. The smallest absolute Gasteiger partial charge is 0.271 e. The number of hydrogen-bond donors (Lipinski definition) is 4. The van der Waals surface area contributed by atoms with Gasteiger partial charge in [0.05, 0.1) is 10.6 Å². The average molecular weight is 428 g/mol. The highest BCUT2D eigenvalue weighted by atomic mass is 32.2. The van der Waals surface area contributed by atoms with Gasteiger partial charge < -0.3 is 11.1 Å². The van der Waals surface area contributed by atoms with Crippen molar-refractivity contribution in [1.82, 2.24) is 19.4 Å². The second-order valence-electron chi connectivity index (χ2n) is 6.01. The number of amidine groups is 1. The van der Waals surface area contributed by atoms with Gasteiger partial charge >= 0.3 is 0 Å². The topological polar surface area (TPSA) is 170 Å². The largest absolute Gasteiger partial charge is 0.383 e. The highest BCUT2D eigenvalue weighted by Crippen LogP contribution is 2.23. The molecule has 12 heteroatoms. The van der Waals surface area contributed by atoms with Crippen molar-refractivity contribution in [1.29, 1.82) is 0 Å². The number of aliphatic imine (C=N–C) groups is 1. The molecule has 3 aromatic rings. The number of rotatable bonds is 6. The maximum absolute atomic E-state index is 13.4. The van der Waals surface area contributed by atoms with Crippen molar-refractivity contribution in [3.8, 4) is 17.1 Å². The van der Waals surface area contributed by atoms with Crippen LogP contribution in [0.5, 0.6) is 0 Å². The predicted molar refractivity (Wildman–Crippen MR) is 114 cm³/mol. The molecule has 0 unspecified atom stereocenters. The van der Waals surface area contributed by atoms with E-state index >= 15 is 0 Å². The van der Waals surface area contributed by atoms with E-state index in [0.29, 0.717) is 17.1 Å². The Balaban J connectivity index is 2.35. The summed E-state index contributed by atoms with van der Waals surface area (Å²) in [6.45, 7) is 0. The summed E-state index contributed by atoms with van der Waals surface area (Å²) in [5.74, 6) is 5.66. The number of nitrogens with one attached hydrogen (secondary N) is 2. The summed E-state index contributed by atoms with van der Waals surface area (Å²) >= 11 is 0. The molecule has 6 N–H and O–H groups in total. The number of pyridine rings is 1. The molecule has 0 bridgehead atoms. The minimum absolute atomic E-state index is 0.0124. The van der Waals surface area contributed by atoms with Crippen LogP contribution >= 0.6 is 0 Å². The van der Waals surface area contributed by atoms with Crippen molar-refractivity contribution in [2.75, 3.05) is 19.4 Å². The van der Waals surface area contributed by atoms with E-state index < -0.39 is 15.6 Å². The minimum Gasteiger partial charge on any atom is -0.383 e. The number of hydrogen-bond acceptors (Lipinski definition) is 8. The van der Waals surface area contributed by atoms with Gasteiger partial charge in [-0.2, -0.15) is 4.83 Å². The second kappa shape index (κ2) is 8.41.